The molecule has 0 radical (unpaired) electrons. The van der Waals surface area contributed by atoms with Gasteiger partial charge in [-0.3, -0.25) is 0 Å². The SMILES string of the molecule is CC(Nc1ncc(N)s1)c1csnn1. The fraction of sp³-hybridized carbons (Fsp3) is 0.286. The van der Waals surface area contributed by atoms with Crippen LogP contribution in [-0.2, 0) is 0 Å². The molecule has 0 saturated carbocycles. The van der Waals surface area contributed by atoms with Crippen molar-refractivity contribution in [2.75, 3.05) is 11.1 Å². The molecule has 0 amide bonds. The zero-order valence-electron chi connectivity index (χ0n) is 7.47. The summed E-state index contributed by atoms with van der Waals surface area (Å²) in [6, 6.07) is 0.110. The molecule has 74 valence electrons. The molecule has 0 fully saturated rings. The molecule has 0 saturated heterocycles. The minimum atomic E-state index is 0.110. The largest absolute Gasteiger partial charge is 0.389 e. The average Bonchev–Trinajstić information content (AvgIpc) is 2.75. The van der Waals surface area contributed by atoms with Gasteiger partial charge in [0.15, 0.2) is 5.13 Å². The van der Waals surface area contributed by atoms with Crippen LogP contribution in [0.5, 0.6) is 0 Å². The first-order chi connectivity index (χ1) is 6.75. The summed E-state index contributed by atoms with van der Waals surface area (Å²) in [5.41, 5.74) is 6.48. The first-order valence-corrected chi connectivity index (χ1v) is 5.66. The molecule has 3 N–H and O–H groups in total. The second-order valence-corrected chi connectivity index (χ2v) is 4.44. The fourth-order valence-corrected chi connectivity index (χ4v) is 2.19. The topological polar surface area (TPSA) is 76.7 Å². The van der Waals surface area contributed by atoms with Gasteiger partial charge in [-0.1, -0.05) is 15.8 Å². The van der Waals surface area contributed by atoms with E-state index in [0.717, 1.165) is 10.8 Å². The van der Waals surface area contributed by atoms with E-state index in [1.165, 1.54) is 22.9 Å². The van der Waals surface area contributed by atoms with Crippen molar-refractivity contribution in [3.63, 3.8) is 0 Å². The number of nitrogens with one attached hydrogen (secondary N) is 1. The summed E-state index contributed by atoms with van der Waals surface area (Å²) >= 11 is 2.76. The van der Waals surface area contributed by atoms with E-state index in [4.69, 9.17) is 5.73 Å². The number of rotatable bonds is 3. The molecule has 0 spiro atoms. The normalized spacial score (nSPS) is 12.6. The van der Waals surface area contributed by atoms with E-state index in [9.17, 15) is 0 Å². The van der Waals surface area contributed by atoms with Crippen molar-refractivity contribution in [2.45, 2.75) is 13.0 Å². The van der Waals surface area contributed by atoms with Gasteiger partial charge in [0.25, 0.3) is 0 Å². The summed E-state index contributed by atoms with van der Waals surface area (Å²) in [4.78, 5) is 4.10. The lowest BCUT2D eigenvalue weighted by Crippen LogP contribution is -2.06. The van der Waals surface area contributed by atoms with Crippen molar-refractivity contribution in [2.24, 2.45) is 0 Å². The van der Waals surface area contributed by atoms with Crippen LogP contribution >= 0.6 is 22.9 Å². The Morgan fingerprint density at radius 1 is 1.57 bits per heavy atom. The predicted molar refractivity (Wildman–Crippen MR) is 58.5 cm³/mol. The molecule has 2 rings (SSSR count). The zero-order chi connectivity index (χ0) is 9.97. The molecule has 1 atom stereocenters. The van der Waals surface area contributed by atoms with E-state index in [1.807, 2.05) is 12.3 Å². The molecule has 7 heteroatoms. The lowest BCUT2D eigenvalue weighted by atomic mass is 10.3. The van der Waals surface area contributed by atoms with E-state index < -0.39 is 0 Å². The third-order valence-corrected chi connectivity index (χ3v) is 2.96. The summed E-state index contributed by atoms with van der Waals surface area (Å²) in [5.74, 6) is 0. The lowest BCUT2D eigenvalue weighted by molar-refractivity contribution is 0.826. The third kappa shape index (κ3) is 1.99. The molecule has 0 aliphatic heterocycles. The maximum atomic E-state index is 5.56. The van der Waals surface area contributed by atoms with Gasteiger partial charge in [-0.2, -0.15) is 0 Å². The van der Waals surface area contributed by atoms with Crippen molar-refractivity contribution in [3.8, 4) is 0 Å². The Bertz CT molecular complexity index is 396. The molecular formula is C7H9N5S2. The molecule has 1 unspecified atom stereocenters. The van der Waals surface area contributed by atoms with Crippen molar-refractivity contribution in [1.82, 2.24) is 14.6 Å². The predicted octanol–water partition coefficient (Wildman–Crippen LogP) is 1.75. The standard InChI is InChI=1S/C7H9N5S2/c1-4(5-3-13-12-11-5)10-7-9-2-6(8)14-7/h2-4H,8H2,1H3,(H,9,10). The fourth-order valence-electron chi connectivity index (χ4n) is 0.973. The highest BCUT2D eigenvalue weighted by Gasteiger charge is 2.09. The summed E-state index contributed by atoms with van der Waals surface area (Å²) < 4.78 is 3.80. The molecule has 2 aromatic heterocycles. The van der Waals surface area contributed by atoms with Crippen molar-refractivity contribution in [3.05, 3.63) is 17.3 Å². The van der Waals surface area contributed by atoms with Crippen LogP contribution in [0.1, 0.15) is 18.7 Å². The second kappa shape index (κ2) is 3.89. The van der Waals surface area contributed by atoms with Gasteiger partial charge >= 0.3 is 0 Å². The maximum absolute atomic E-state index is 5.56. The summed E-state index contributed by atoms with van der Waals surface area (Å²) in [6.07, 6.45) is 1.64. The van der Waals surface area contributed by atoms with Crippen LogP contribution < -0.4 is 11.1 Å². The Morgan fingerprint density at radius 3 is 3.00 bits per heavy atom. The Balaban J connectivity index is 2.05. The smallest absolute Gasteiger partial charge is 0.185 e. The van der Waals surface area contributed by atoms with Crippen LogP contribution in [0.15, 0.2) is 11.6 Å². The van der Waals surface area contributed by atoms with Gasteiger partial charge < -0.3 is 11.1 Å². The number of anilines is 2. The Kier molecular flexibility index (Phi) is 2.60. The Hall–Kier alpha value is -1.21. The number of nitrogens with zero attached hydrogens (tertiary/aromatic N) is 3. The monoisotopic (exact) mass is 227 g/mol. The molecule has 0 aliphatic rings. The maximum Gasteiger partial charge on any atom is 0.185 e. The molecular weight excluding hydrogens is 218 g/mol. The minimum absolute atomic E-state index is 0.110. The Labute approximate surface area is 89.2 Å². The Morgan fingerprint density at radius 2 is 2.43 bits per heavy atom. The van der Waals surface area contributed by atoms with Crippen LogP contribution in [0, 0.1) is 0 Å². The van der Waals surface area contributed by atoms with E-state index in [1.54, 1.807) is 6.20 Å². The second-order valence-electron chi connectivity index (χ2n) is 2.76. The van der Waals surface area contributed by atoms with E-state index in [-0.39, 0.29) is 6.04 Å². The van der Waals surface area contributed by atoms with Gasteiger partial charge in [0, 0.05) is 5.38 Å². The highest BCUT2D eigenvalue weighted by molar-refractivity contribution is 7.19. The van der Waals surface area contributed by atoms with Gasteiger partial charge in [0.1, 0.15) is 5.00 Å². The minimum Gasteiger partial charge on any atom is -0.389 e. The lowest BCUT2D eigenvalue weighted by Gasteiger charge is -2.08. The highest BCUT2D eigenvalue weighted by Crippen LogP contribution is 2.24. The highest BCUT2D eigenvalue weighted by atomic mass is 32.1. The summed E-state index contributed by atoms with van der Waals surface area (Å²) in [6.45, 7) is 2.01. The molecule has 0 bridgehead atoms. The van der Waals surface area contributed by atoms with Crippen LogP contribution in [-0.4, -0.2) is 14.6 Å². The number of nitrogen functional groups attached to an aromatic ring is 1. The van der Waals surface area contributed by atoms with E-state index in [2.05, 4.69) is 19.9 Å². The molecule has 14 heavy (non-hydrogen) atoms. The van der Waals surface area contributed by atoms with E-state index in [0.29, 0.717) is 5.00 Å². The average molecular weight is 227 g/mol. The van der Waals surface area contributed by atoms with Crippen LogP contribution in [0.25, 0.3) is 0 Å². The van der Waals surface area contributed by atoms with Crippen LogP contribution in [0.2, 0.25) is 0 Å². The zero-order valence-corrected chi connectivity index (χ0v) is 9.10. The number of thiazole rings is 1. The van der Waals surface area contributed by atoms with Gasteiger partial charge in [-0.15, -0.1) is 5.10 Å². The van der Waals surface area contributed by atoms with Crippen LogP contribution in [0.3, 0.4) is 0 Å². The molecule has 0 aromatic carbocycles. The third-order valence-electron chi connectivity index (χ3n) is 1.68. The molecule has 0 aliphatic carbocycles. The summed E-state index contributed by atoms with van der Waals surface area (Å²) in [7, 11) is 0. The molecule has 2 aromatic rings. The molecule has 5 nitrogen and oxygen atoms in total. The van der Waals surface area contributed by atoms with E-state index >= 15 is 0 Å². The van der Waals surface area contributed by atoms with Crippen molar-refractivity contribution >= 4 is 33.0 Å². The van der Waals surface area contributed by atoms with Gasteiger partial charge in [-0.05, 0) is 18.5 Å². The van der Waals surface area contributed by atoms with Gasteiger partial charge in [0.05, 0.1) is 17.9 Å². The number of hydrogen-bond acceptors (Lipinski definition) is 7. The number of aromatic nitrogens is 3. The summed E-state index contributed by atoms with van der Waals surface area (Å²) in [5, 5.41) is 10.6. The van der Waals surface area contributed by atoms with Gasteiger partial charge in [-0.25, -0.2) is 4.98 Å². The number of nitrogens with two attached hydrogens (primary N) is 1. The number of hydrogen-bond donors (Lipinski definition) is 2. The van der Waals surface area contributed by atoms with Crippen molar-refractivity contribution in [1.29, 1.82) is 0 Å². The first kappa shape index (κ1) is 9.35. The quantitative estimate of drug-likeness (QED) is 0.835. The van der Waals surface area contributed by atoms with Crippen molar-refractivity contribution < 1.29 is 0 Å². The van der Waals surface area contributed by atoms with Crippen LogP contribution in [0.4, 0.5) is 10.1 Å². The van der Waals surface area contributed by atoms with Gasteiger partial charge in [0.2, 0.25) is 0 Å². The molecule has 2 heterocycles. The first-order valence-electron chi connectivity index (χ1n) is 4.00.